The monoisotopic (exact) mass is 654 g/mol. The van der Waals surface area contributed by atoms with Gasteiger partial charge in [-0.15, -0.1) is 0 Å². The Balaban J connectivity index is 1.61. The van der Waals surface area contributed by atoms with Crippen molar-refractivity contribution in [2.24, 2.45) is 0 Å². The lowest BCUT2D eigenvalue weighted by molar-refractivity contribution is -0.206. The Morgan fingerprint density at radius 1 is 0.587 bits per heavy atom. The van der Waals surface area contributed by atoms with Crippen LogP contribution in [-0.4, -0.2) is 56.4 Å². The van der Waals surface area contributed by atoms with Gasteiger partial charge in [-0.05, 0) is 25.7 Å². The van der Waals surface area contributed by atoms with E-state index in [9.17, 15) is 35.9 Å². The molecule has 0 aliphatic rings. The number of alkyl halides is 6. The molecule has 1 aromatic carbocycles. The highest BCUT2D eigenvalue weighted by molar-refractivity contribution is 5.89. The molecular weight excluding hydrogens is 618 g/mol. The van der Waals surface area contributed by atoms with Crippen LogP contribution in [0.25, 0.3) is 22.8 Å². The zero-order valence-electron chi connectivity index (χ0n) is 25.5. The first kappa shape index (κ1) is 36.4. The van der Waals surface area contributed by atoms with Crippen LogP contribution >= 0.6 is 0 Å². The highest BCUT2D eigenvalue weighted by Gasteiger charge is 2.43. The van der Waals surface area contributed by atoms with Crippen LogP contribution in [0.1, 0.15) is 98.8 Å². The number of esters is 2. The Hall–Kier alpha value is -4.10. The Morgan fingerprint density at radius 2 is 0.913 bits per heavy atom. The number of ether oxygens (including phenoxy) is 2. The minimum Gasteiger partial charge on any atom is -0.449 e. The molecule has 3 rings (SSSR count). The van der Waals surface area contributed by atoms with Crippen molar-refractivity contribution >= 4 is 11.9 Å². The summed E-state index contributed by atoms with van der Waals surface area (Å²) < 4.78 is 89.7. The third-order valence-corrected chi connectivity index (χ3v) is 7.04. The number of unbranched alkanes of at least 4 members (excludes halogenated alkanes) is 6. The third kappa shape index (κ3) is 11.1. The number of hydrogen-bond acceptors (Lipinski definition) is 8. The summed E-state index contributed by atoms with van der Waals surface area (Å²) in [6.07, 6.45) is -5.08. The van der Waals surface area contributed by atoms with Gasteiger partial charge in [0.1, 0.15) is 0 Å². The molecule has 0 spiro atoms. The second kappa shape index (κ2) is 17.0. The molecule has 0 fully saturated rings. The van der Waals surface area contributed by atoms with E-state index in [1.165, 1.54) is 0 Å². The van der Waals surface area contributed by atoms with E-state index < -0.39 is 36.5 Å². The average molecular weight is 655 g/mol. The molecule has 2 atom stereocenters. The number of halogens is 6. The summed E-state index contributed by atoms with van der Waals surface area (Å²) in [6.45, 7) is 3.88. The van der Waals surface area contributed by atoms with Crippen molar-refractivity contribution in [1.29, 1.82) is 0 Å². The summed E-state index contributed by atoms with van der Waals surface area (Å²) in [5, 5.41) is 0. The number of hydrogen-bond donors (Lipinski definition) is 0. The maximum Gasteiger partial charge on any atom is 0.425 e. The molecule has 0 unspecified atom stereocenters. The van der Waals surface area contributed by atoms with Gasteiger partial charge < -0.3 is 9.47 Å². The van der Waals surface area contributed by atoms with E-state index in [1.54, 1.807) is 24.3 Å². The molecule has 0 bridgehead atoms. The summed E-state index contributed by atoms with van der Waals surface area (Å²) in [4.78, 5) is 41.0. The van der Waals surface area contributed by atoms with Crippen molar-refractivity contribution < 1.29 is 45.4 Å². The van der Waals surface area contributed by atoms with E-state index in [4.69, 9.17) is 9.47 Å². The molecule has 14 heteroatoms. The van der Waals surface area contributed by atoms with Gasteiger partial charge in [0.25, 0.3) is 0 Å². The Labute approximate surface area is 263 Å². The maximum absolute atomic E-state index is 13.4. The third-order valence-electron chi connectivity index (χ3n) is 7.04. The minimum absolute atomic E-state index is 0.183. The van der Waals surface area contributed by atoms with Crippen molar-refractivity contribution in [2.45, 2.75) is 103 Å². The molecule has 0 radical (unpaired) electrons. The van der Waals surface area contributed by atoms with Gasteiger partial charge in [-0.25, -0.2) is 29.5 Å². The van der Waals surface area contributed by atoms with Crippen molar-refractivity contribution in [3.05, 3.63) is 60.2 Å². The van der Waals surface area contributed by atoms with Crippen LogP contribution in [0.15, 0.2) is 49.1 Å². The topological polar surface area (TPSA) is 104 Å². The molecule has 46 heavy (non-hydrogen) atoms. The minimum atomic E-state index is -4.69. The highest BCUT2D eigenvalue weighted by atomic mass is 19.4. The standard InChI is InChI=1S/C32H36F6N4O4/c1-3-5-7-9-11-25(31(33,34)35)45-29(43)23-17-39-27(40-18-23)21-13-15-22(16-14-21)28-41-19-24(20-42-28)30(44)46-26(32(36,37)38)12-10-8-6-4-2/h13-20,25-26H,3-12H2,1-2H3/t25-,26-/m0/s1. The van der Waals surface area contributed by atoms with Gasteiger partial charge in [0.2, 0.25) is 0 Å². The van der Waals surface area contributed by atoms with E-state index in [0.29, 0.717) is 24.0 Å². The van der Waals surface area contributed by atoms with Gasteiger partial charge in [0.05, 0.1) is 11.1 Å². The molecule has 2 aromatic heterocycles. The van der Waals surface area contributed by atoms with Crippen molar-refractivity contribution in [3.63, 3.8) is 0 Å². The molecule has 0 aliphatic carbocycles. The molecule has 3 aromatic rings. The lowest BCUT2D eigenvalue weighted by atomic mass is 10.1. The van der Waals surface area contributed by atoms with E-state index in [0.717, 1.165) is 50.5 Å². The van der Waals surface area contributed by atoms with Crippen LogP contribution in [0, 0.1) is 0 Å². The Kier molecular flexibility index (Phi) is 13.4. The molecule has 8 nitrogen and oxygen atoms in total. The summed E-state index contributed by atoms with van der Waals surface area (Å²) in [7, 11) is 0. The molecule has 250 valence electrons. The van der Waals surface area contributed by atoms with Gasteiger partial charge in [0, 0.05) is 35.9 Å². The number of carbonyl (C=O) groups excluding carboxylic acids is 2. The van der Waals surface area contributed by atoms with Gasteiger partial charge in [0.15, 0.2) is 23.9 Å². The molecule has 0 aliphatic heterocycles. The number of benzene rings is 1. The molecular formula is C32H36F6N4O4. The quantitative estimate of drug-likeness (QED) is 0.0858. The first-order valence-electron chi connectivity index (χ1n) is 15.1. The lowest BCUT2D eigenvalue weighted by Gasteiger charge is -2.20. The van der Waals surface area contributed by atoms with Crippen molar-refractivity contribution in [1.82, 2.24) is 19.9 Å². The van der Waals surface area contributed by atoms with Crippen LogP contribution in [0.5, 0.6) is 0 Å². The largest absolute Gasteiger partial charge is 0.449 e. The Morgan fingerprint density at radius 3 is 1.20 bits per heavy atom. The zero-order valence-corrected chi connectivity index (χ0v) is 25.5. The van der Waals surface area contributed by atoms with Crippen LogP contribution in [0.4, 0.5) is 26.3 Å². The predicted molar refractivity (Wildman–Crippen MR) is 157 cm³/mol. The number of aromatic nitrogens is 4. The van der Waals surface area contributed by atoms with E-state index in [1.807, 2.05) is 13.8 Å². The molecule has 0 saturated heterocycles. The predicted octanol–water partition coefficient (Wildman–Crippen LogP) is 8.72. The molecule has 0 N–H and O–H groups in total. The van der Waals surface area contributed by atoms with Gasteiger partial charge in [-0.2, -0.15) is 26.3 Å². The lowest BCUT2D eigenvalue weighted by Crippen LogP contribution is -2.34. The molecule has 0 amide bonds. The van der Waals surface area contributed by atoms with Gasteiger partial charge >= 0.3 is 24.3 Å². The maximum atomic E-state index is 13.4. The number of carbonyl (C=O) groups is 2. The van der Waals surface area contributed by atoms with Crippen LogP contribution in [-0.2, 0) is 9.47 Å². The summed E-state index contributed by atoms with van der Waals surface area (Å²) >= 11 is 0. The van der Waals surface area contributed by atoms with E-state index >= 15 is 0 Å². The summed E-state index contributed by atoms with van der Waals surface area (Å²) in [5.74, 6) is -1.99. The van der Waals surface area contributed by atoms with Gasteiger partial charge in [-0.1, -0.05) is 76.6 Å². The molecule has 0 saturated carbocycles. The smallest absolute Gasteiger partial charge is 0.425 e. The fourth-order valence-electron chi connectivity index (χ4n) is 4.42. The van der Waals surface area contributed by atoms with Gasteiger partial charge in [-0.3, -0.25) is 0 Å². The van der Waals surface area contributed by atoms with Crippen LogP contribution < -0.4 is 0 Å². The normalized spacial score (nSPS) is 13.2. The second-order valence-electron chi connectivity index (χ2n) is 10.7. The number of nitrogens with zero attached hydrogens (tertiary/aromatic N) is 4. The summed E-state index contributed by atoms with van der Waals surface area (Å²) in [6, 6.07) is 6.43. The SMILES string of the molecule is CCCCCC[C@H](OC(=O)c1cnc(-c2ccc(-c3ncc(C(=O)O[C@@H](CCCCCC)C(F)(F)F)cn3)cc2)nc1)C(F)(F)F. The highest BCUT2D eigenvalue weighted by Crippen LogP contribution is 2.29. The number of rotatable bonds is 16. The molecule has 2 heterocycles. The fraction of sp³-hybridized carbons (Fsp3) is 0.500. The van der Waals surface area contributed by atoms with E-state index in [-0.39, 0.29) is 48.5 Å². The van der Waals surface area contributed by atoms with E-state index in [2.05, 4.69) is 19.9 Å². The summed E-state index contributed by atoms with van der Waals surface area (Å²) in [5.41, 5.74) is 0.552. The van der Waals surface area contributed by atoms with Crippen molar-refractivity contribution in [3.8, 4) is 22.8 Å². The fourth-order valence-corrected chi connectivity index (χ4v) is 4.42. The first-order valence-corrected chi connectivity index (χ1v) is 15.1. The van der Waals surface area contributed by atoms with Crippen LogP contribution in [0.3, 0.4) is 0 Å². The second-order valence-corrected chi connectivity index (χ2v) is 10.7. The zero-order chi connectivity index (χ0) is 33.7. The average Bonchev–Trinajstić information content (AvgIpc) is 3.03. The van der Waals surface area contributed by atoms with Crippen LogP contribution in [0.2, 0.25) is 0 Å². The Bertz CT molecular complexity index is 1280. The van der Waals surface area contributed by atoms with Crippen molar-refractivity contribution in [2.75, 3.05) is 0 Å². The first-order chi connectivity index (χ1) is 21.8.